The fraction of sp³-hybridized carbons (Fsp3) is 0.368. The molecule has 0 saturated carbocycles. The molecule has 0 unspecified atom stereocenters. The van der Waals surface area contributed by atoms with Gasteiger partial charge in [0.1, 0.15) is 0 Å². The van der Waals surface area contributed by atoms with Gasteiger partial charge in [0, 0.05) is 0 Å². The SMILES string of the molecule is C[Si](C)(c1ccccc1)C1[Si](C)(C)c2ccccc2[Si]1(C)C. The van der Waals surface area contributed by atoms with Crippen molar-refractivity contribution < 1.29 is 0 Å². The highest BCUT2D eigenvalue weighted by atomic mass is 28.5. The molecule has 0 aromatic heterocycles. The van der Waals surface area contributed by atoms with Crippen molar-refractivity contribution in [2.45, 2.75) is 44.1 Å². The summed E-state index contributed by atoms with van der Waals surface area (Å²) in [7, 11) is -4.33. The number of rotatable bonds is 2. The molecule has 1 aliphatic heterocycles. The van der Waals surface area contributed by atoms with E-state index in [0.717, 1.165) is 4.79 Å². The van der Waals surface area contributed by atoms with Gasteiger partial charge in [-0.15, -0.1) is 0 Å². The quantitative estimate of drug-likeness (QED) is 0.733. The maximum absolute atomic E-state index is 2.63. The Bertz CT molecular complexity index is 652. The minimum atomic E-state index is -1.49. The molecule has 2 aromatic rings. The largest absolute Gasteiger partial charge is 0.0791 e. The lowest BCUT2D eigenvalue weighted by molar-refractivity contribution is 1.42. The van der Waals surface area contributed by atoms with E-state index in [9.17, 15) is 0 Å². The molecule has 0 atom stereocenters. The molecule has 0 nitrogen and oxygen atoms in total. The third-order valence-electron chi connectivity index (χ3n) is 6.00. The fourth-order valence-electron chi connectivity index (χ4n) is 5.66. The third kappa shape index (κ3) is 2.14. The first kappa shape index (κ1) is 16.0. The van der Waals surface area contributed by atoms with Gasteiger partial charge >= 0.3 is 0 Å². The van der Waals surface area contributed by atoms with Crippen LogP contribution in [0.1, 0.15) is 0 Å². The molecule has 3 rings (SSSR count). The lowest BCUT2D eigenvalue weighted by atomic mass is 10.4. The zero-order valence-electron chi connectivity index (χ0n) is 14.8. The number of fused-ring (bicyclic) bond motifs is 1. The molecule has 1 aliphatic rings. The molecule has 0 bridgehead atoms. The van der Waals surface area contributed by atoms with Crippen molar-refractivity contribution in [3.8, 4) is 0 Å². The molecule has 0 N–H and O–H groups in total. The summed E-state index contributed by atoms with van der Waals surface area (Å²) in [5.74, 6) is 0. The summed E-state index contributed by atoms with van der Waals surface area (Å²) in [5, 5.41) is 5.16. The zero-order chi connectivity index (χ0) is 16.2. The van der Waals surface area contributed by atoms with Crippen LogP contribution < -0.4 is 15.6 Å². The maximum Gasteiger partial charge on any atom is 0.0791 e. The van der Waals surface area contributed by atoms with Crippen LogP contribution in [0.15, 0.2) is 54.6 Å². The van der Waals surface area contributed by atoms with Crippen molar-refractivity contribution in [2.24, 2.45) is 0 Å². The van der Waals surface area contributed by atoms with Crippen LogP contribution in [-0.4, -0.2) is 24.2 Å². The van der Waals surface area contributed by atoms with Gasteiger partial charge in [-0.2, -0.15) is 0 Å². The van der Waals surface area contributed by atoms with Crippen LogP contribution in [0.25, 0.3) is 0 Å². The molecular weight excluding hydrogens is 312 g/mol. The standard InChI is InChI=1S/C19H28Si3/c1-20(2,16-12-8-7-9-13-16)19-21(3,4)17-14-10-11-15-18(17)22(19,5)6/h7-15,19H,1-6H3. The van der Waals surface area contributed by atoms with E-state index >= 15 is 0 Å². The van der Waals surface area contributed by atoms with Crippen molar-refractivity contribution in [2.75, 3.05) is 0 Å². The van der Waals surface area contributed by atoms with Crippen LogP contribution >= 0.6 is 0 Å². The van der Waals surface area contributed by atoms with E-state index < -0.39 is 24.2 Å². The van der Waals surface area contributed by atoms with E-state index in [-0.39, 0.29) is 0 Å². The first-order valence-corrected chi connectivity index (χ1v) is 17.6. The Balaban J connectivity index is 2.20. The van der Waals surface area contributed by atoms with Gasteiger partial charge in [-0.3, -0.25) is 0 Å². The predicted octanol–water partition coefficient (Wildman–Crippen LogP) is 3.60. The lowest BCUT2D eigenvalue weighted by Gasteiger charge is -2.44. The van der Waals surface area contributed by atoms with Crippen molar-refractivity contribution in [3.63, 3.8) is 0 Å². The molecule has 0 saturated heterocycles. The van der Waals surface area contributed by atoms with Gasteiger partial charge in [0.25, 0.3) is 0 Å². The summed E-state index contributed by atoms with van der Waals surface area (Å²) in [4.78, 5) is 0.965. The van der Waals surface area contributed by atoms with Crippen LogP contribution in [0, 0.1) is 0 Å². The Morgan fingerprint density at radius 1 is 0.682 bits per heavy atom. The van der Waals surface area contributed by atoms with Crippen LogP contribution in [-0.2, 0) is 0 Å². The Morgan fingerprint density at radius 3 is 1.55 bits per heavy atom. The van der Waals surface area contributed by atoms with Crippen molar-refractivity contribution in [1.82, 2.24) is 0 Å². The molecule has 116 valence electrons. The second-order valence-electron chi connectivity index (χ2n) is 8.51. The highest BCUT2D eigenvalue weighted by Crippen LogP contribution is 2.43. The van der Waals surface area contributed by atoms with E-state index in [4.69, 9.17) is 0 Å². The van der Waals surface area contributed by atoms with Crippen LogP contribution in [0.3, 0.4) is 0 Å². The average molecular weight is 341 g/mol. The zero-order valence-corrected chi connectivity index (χ0v) is 17.8. The van der Waals surface area contributed by atoms with E-state index in [1.165, 1.54) is 0 Å². The van der Waals surface area contributed by atoms with Gasteiger partial charge in [-0.05, 0) is 4.79 Å². The second kappa shape index (κ2) is 5.05. The summed E-state index contributed by atoms with van der Waals surface area (Å²) in [6.07, 6.45) is 0. The minimum Gasteiger partial charge on any atom is -0.0656 e. The monoisotopic (exact) mass is 340 g/mol. The second-order valence-corrected chi connectivity index (χ2v) is 24.0. The van der Waals surface area contributed by atoms with Gasteiger partial charge in [-0.25, -0.2) is 0 Å². The molecule has 0 aliphatic carbocycles. The Hall–Kier alpha value is -0.909. The summed E-state index contributed by atoms with van der Waals surface area (Å²) < 4.78 is 0. The van der Waals surface area contributed by atoms with Gasteiger partial charge in [0.15, 0.2) is 0 Å². The van der Waals surface area contributed by atoms with Crippen LogP contribution in [0.2, 0.25) is 44.1 Å². The maximum atomic E-state index is 2.63. The topological polar surface area (TPSA) is 0 Å². The molecule has 0 fully saturated rings. The lowest BCUT2D eigenvalue weighted by Crippen LogP contribution is -2.62. The Morgan fingerprint density at radius 2 is 1.09 bits per heavy atom. The molecular formula is C19H28Si3. The number of benzene rings is 2. The third-order valence-corrected chi connectivity index (χ3v) is 29.0. The molecule has 2 aromatic carbocycles. The normalized spacial score (nSPS) is 19.9. The molecule has 0 amide bonds. The Labute approximate surface area is 138 Å². The molecule has 3 heteroatoms. The minimum absolute atomic E-state index is 0.965. The highest BCUT2D eigenvalue weighted by molar-refractivity contribution is 7.27. The summed E-state index contributed by atoms with van der Waals surface area (Å²) in [6, 6.07) is 20.8. The smallest absolute Gasteiger partial charge is 0.0656 e. The fourth-order valence-corrected chi connectivity index (χ4v) is 36.7. The van der Waals surface area contributed by atoms with E-state index in [1.54, 1.807) is 15.6 Å². The highest BCUT2D eigenvalue weighted by Gasteiger charge is 2.59. The van der Waals surface area contributed by atoms with Gasteiger partial charge in [0.2, 0.25) is 0 Å². The molecule has 1 heterocycles. The molecule has 0 radical (unpaired) electrons. The summed E-state index contributed by atoms with van der Waals surface area (Å²) in [5.41, 5.74) is 0. The number of hydrogen-bond donors (Lipinski definition) is 0. The van der Waals surface area contributed by atoms with Gasteiger partial charge in [-0.1, -0.05) is 109 Å². The van der Waals surface area contributed by atoms with E-state index in [2.05, 4.69) is 93.9 Å². The van der Waals surface area contributed by atoms with Crippen LogP contribution in [0.4, 0.5) is 0 Å². The molecule has 0 spiro atoms. The first-order valence-electron chi connectivity index (χ1n) is 8.35. The van der Waals surface area contributed by atoms with E-state index in [0.29, 0.717) is 0 Å². The van der Waals surface area contributed by atoms with Crippen LogP contribution in [0.5, 0.6) is 0 Å². The van der Waals surface area contributed by atoms with Gasteiger partial charge < -0.3 is 0 Å². The van der Waals surface area contributed by atoms with Crippen molar-refractivity contribution in [1.29, 1.82) is 0 Å². The molecule has 22 heavy (non-hydrogen) atoms. The number of hydrogen-bond acceptors (Lipinski definition) is 0. The predicted molar refractivity (Wildman–Crippen MR) is 108 cm³/mol. The Kier molecular flexibility index (Phi) is 3.66. The summed E-state index contributed by atoms with van der Waals surface area (Å²) >= 11 is 0. The average Bonchev–Trinajstić information content (AvgIpc) is 2.63. The van der Waals surface area contributed by atoms with E-state index in [1.807, 2.05) is 0 Å². The van der Waals surface area contributed by atoms with Crippen molar-refractivity contribution >= 4 is 39.8 Å². The first-order chi connectivity index (χ1) is 10.2. The summed E-state index contributed by atoms with van der Waals surface area (Å²) in [6.45, 7) is 15.8. The van der Waals surface area contributed by atoms with Crippen molar-refractivity contribution in [3.05, 3.63) is 54.6 Å². The van der Waals surface area contributed by atoms with Gasteiger partial charge in [0.05, 0.1) is 24.2 Å².